The summed E-state index contributed by atoms with van der Waals surface area (Å²) in [4.78, 5) is 16.9. The van der Waals surface area contributed by atoms with Gasteiger partial charge in [-0.1, -0.05) is 41.5 Å². The normalized spacial score (nSPS) is 19.1. The van der Waals surface area contributed by atoms with Crippen LogP contribution in [0.5, 0.6) is 11.5 Å². The van der Waals surface area contributed by atoms with Crippen molar-refractivity contribution in [3.63, 3.8) is 0 Å². The van der Waals surface area contributed by atoms with Crippen molar-refractivity contribution >= 4 is 6.09 Å². The van der Waals surface area contributed by atoms with Crippen molar-refractivity contribution in [1.82, 2.24) is 9.80 Å². The maximum Gasteiger partial charge on any atom is 0.415 e. The molecule has 0 spiro atoms. The quantitative estimate of drug-likeness (QED) is 0.766. The fourth-order valence-corrected chi connectivity index (χ4v) is 3.60. The SMILES string of the molecule is COc1cc(C(C)(C)C)c(C(C)(C)C)cc1OC(=O)N1CCN(C)C[C@H]1C. The minimum Gasteiger partial charge on any atom is -0.493 e. The summed E-state index contributed by atoms with van der Waals surface area (Å²) in [6.07, 6.45) is -0.308. The van der Waals surface area contributed by atoms with Crippen LogP contribution in [0.1, 0.15) is 59.6 Å². The Bertz CT molecular complexity index is 686. The topological polar surface area (TPSA) is 42.0 Å². The lowest BCUT2D eigenvalue weighted by Crippen LogP contribution is -2.53. The largest absolute Gasteiger partial charge is 0.493 e. The van der Waals surface area contributed by atoms with Crippen LogP contribution < -0.4 is 9.47 Å². The standard InChI is InChI=1S/C22H36N2O3/c1-15-14-23(8)10-11-24(15)20(25)27-19-13-17(22(5,6)7)16(21(2,3)4)12-18(19)26-9/h12-13,15H,10-11,14H2,1-9H3/t15-/m1/s1. The Morgan fingerprint density at radius 3 is 1.96 bits per heavy atom. The Labute approximate surface area is 164 Å². The molecule has 0 aromatic heterocycles. The lowest BCUT2D eigenvalue weighted by atomic mass is 9.75. The van der Waals surface area contributed by atoms with E-state index in [1.165, 1.54) is 11.1 Å². The van der Waals surface area contributed by atoms with Gasteiger partial charge in [-0.3, -0.25) is 0 Å². The fraction of sp³-hybridized carbons (Fsp3) is 0.682. The third-order valence-corrected chi connectivity index (χ3v) is 5.18. The average molecular weight is 377 g/mol. The highest BCUT2D eigenvalue weighted by molar-refractivity contribution is 5.72. The van der Waals surface area contributed by atoms with E-state index in [-0.39, 0.29) is 23.0 Å². The molecule has 1 atom stereocenters. The summed E-state index contributed by atoms with van der Waals surface area (Å²) in [5.74, 6) is 1.09. The van der Waals surface area contributed by atoms with Gasteiger partial charge in [0.25, 0.3) is 0 Å². The van der Waals surface area contributed by atoms with E-state index in [1.807, 2.05) is 12.1 Å². The van der Waals surface area contributed by atoms with Crippen LogP contribution in [0.2, 0.25) is 0 Å². The monoisotopic (exact) mass is 376 g/mol. The van der Waals surface area contributed by atoms with Gasteiger partial charge in [-0.15, -0.1) is 0 Å². The zero-order valence-electron chi connectivity index (χ0n) is 18.5. The number of nitrogens with zero attached hydrogens (tertiary/aromatic N) is 2. The molecule has 1 saturated heterocycles. The van der Waals surface area contributed by atoms with Gasteiger partial charge in [0.15, 0.2) is 11.5 Å². The van der Waals surface area contributed by atoms with E-state index >= 15 is 0 Å². The molecular formula is C22H36N2O3. The molecule has 1 aromatic carbocycles. The van der Waals surface area contributed by atoms with E-state index in [9.17, 15) is 4.79 Å². The highest BCUT2D eigenvalue weighted by atomic mass is 16.6. The first-order valence-corrected chi connectivity index (χ1v) is 9.74. The third kappa shape index (κ3) is 4.95. The Balaban J connectivity index is 2.40. The van der Waals surface area contributed by atoms with Crippen LogP contribution in [-0.2, 0) is 10.8 Å². The van der Waals surface area contributed by atoms with E-state index in [0.717, 1.165) is 13.1 Å². The zero-order chi connectivity index (χ0) is 20.6. The van der Waals surface area contributed by atoms with Crippen LogP contribution in [-0.4, -0.2) is 55.7 Å². The zero-order valence-corrected chi connectivity index (χ0v) is 18.5. The summed E-state index contributed by atoms with van der Waals surface area (Å²) in [5.41, 5.74) is 2.27. The molecule has 0 saturated carbocycles. The van der Waals surface area contributed by atoms with Gasteiger partial charge >= 0.3 is 6.09 Å². The second-order valence-electron chi connectivity index (χ2n) is 9.72. The van der Waals surface area contributed by atoms with E-state index in [4.69, 9.17) is 9.47 Å². The molecule has 1 aromatic rings. The number of methoxy groups -OCH3 is 1. The maximum atomic E-state index is 12.8. The fourth-order valence-electron chi connectivity index (χ4n) is 3.60. The number of carbonyl (C=O) groups is 1. The van der Waals surface area contributed by atoms with Crippen molar-refractivity contribution < 1.29 is 14.3 Å². The molecule has 0 aliphatic carbocycles. The molecule has 1 amide bonds. The van der Waals surface area contributed by atoms with Gasteiger partial charge in [-0.2, -0.15) is 0 Å². The number of rotatable bonds is 2. The summed E-state index contributed by atoms with van der Waals surface area (Å²) in [5, 5.41) is 0. The molecule has 2 rings (SSSR count). The van der Waals surface area contributed by atoms with Crippen molar-refractivity contribution in [3.05, 3.63) is 23.3 Å². The lowest BCUT2D eigenvalue weighted by molar-refractivity contribution is 0.0885. The molecule has 27 heavy (non-hydrogen) atoms. The second kappa shape index (κ2) is 7.70. The van der Waals surface area contributed by atoms with Crippen molar-refractivity contribution in [2.45, 2.75) is 65.3 Å². The molecule has 1 fully saturated rings. The molecule has 0 N–H and O–H groups in total. The Morgan fingerprint density at radius 1 is 1.00 bits per heavy atom. The third-order valence-electron chi connectivity index (χ3n) is 5.18. The van der Waals surface area contributed by atoms with Crippen molar-refractivity contribution in [1.29, 1.82) is 0 Å². The molecule has 5 heteroatoms. The second-order valence-corrected chi connectivity index (χ2v) is 9.72. The van der Waals surface area contributed by atoms with E-state index in [0.29, 0.717) is 18.0 Å². The predicted octanol–water partition coefficient (Wildman–Crippen LogP) is 4.42. The first-order chi connectivity index (χ1) is 12.3. The number of hydrogen-bond donors (Lipinski definition) is 0. The molecule has 1 heterocycles. The van der Waals surface area contributed by atoms with Crippen LogP contribution >= 0.6 is 0 Å². The van der Waals surface area contributed by atoms with Gasteiger partial charge in [0.2, 0.25) is 0 Å². The van der Waals surface area contributed by atoms with Crippen molar-refractivity contribution in [2.24, 2.45) is 0 Å². The maximum absolute atomic E-state index is 12.8. The number of piperazine rings is 1. The summed E-state index contributed by atoms with van der Waals surface area (Å²) in [6.45, 7) is 17.5. The first kappa shape index (κ1) is 21.5. The van der Waals surface area contributed by atoms with Crippen LogP contribution in [0.3, 0.4) is 0 Å². The Kier molecular flexibility index (Phi) is 6.15. The number of ether oxygens (including phenoxy) is 2. The number of hydrogen-bond acceptors (Lipinski definition) is 4. The van der Waals surface area contributed by atoms with E-state index < -0.39 is 0 Å². The van der Waals surface area contributed by atoms with Gasteiger partial charge in [0.1, 0.15) is 0 Å². The number of amides is 1. The number of likely N-dealkylation sites (N-methyl/N-ethyl adjacent to an activating group) is 1. The van der Waals surface area contributed by atoms with Gasteiger partial charge in [-0.25, -0.2) is 4.79 Å². The molecule has 0 unspecified atom stereocenters. The van der Waals surface area contributed by atoms with Crippen LogP contribution in [0, 0.1) is 0 Å². The number of carbonyl (C=O) groups excluding carboxylic acids is 1. The number of benzene rings is 1. The van der Waals surface area contributed by atoms with E-state index in [2.05, 4.69) is 60.4 Å². The first-order valence-electron chi connectivity index (χ1n) is 9.74. The molecular weight excluding hydrogens is 340 g/mol. The molecule has 5 nitrogen and oxygen atoms in total. The summed E-state index contributed by atoms with van der Waals surface area (Å²) < 4.78 is 11.4. The van der Waals surface area contributed by atoms with Crippen molar-refractivity contribution in [3.8, 4) is 11.5 Å². The highest BCUT2D eigenvalue weighted by Gasteiger charge is 2.31. The minimum absolute atomic E-state index is 0.0373. The molecule has 1 aliphatic rings. The smallest absolute Gasteiger partial charge is 0.415 e. The summed E-state index contributed by atoms with van der Waals surface area (Å²) in [7, 11) is 3.69. The van der Waals surface area contributed by atoms with Crippen LogP contribution in [0.4, 0.5) is 4.79 Å². The summed E-state index contributed by atoms with van der Waals surface area (Å²) >= 11 is 0. The Morgan fingerprint density at radius 2 is 1.52 bits per heavy atom. The lowest BCUT2D eigenvalue weighted by Gasteiger charge is -2.37. The van der Waals surface area contributed by atoms with Crippen molar-refractivity contribution in [2.75, 3.05) is 33.8 Å². The van der Waals surface area contributed by atoms with Gasteiger partial charge in [0, 0.05) is 25.7 Å². The predicted molar refractivity (Wildman–Crippen MR) is 110 cm³/mol. The Hall–Kier alpha value is -1.75. The molecule has 1 aliphatic heterocycles. The molecule has 0 bridgehead atoms. The highest BCUT2D eigenvalue weighted by Crippen LogP contribution is 2.41. The van der Waals surface area contributed by atoms with Gasteiger partial charge in [-0.05, 0) is 48.1 Å². The van der Waals surface area contributed by atoms with E-state index in [1.54, 1.807) is 12.0 Å². The minimum atomic E-state index is -0.308. The van der Waals surface area contributed by atoms with Crippen LogP contribution in [0.25, 0.3) is 0 Å². The average Bonchev–Trinajstić information content (AvgIpc) is 2.52. The molecule has 152 valence electrons. The van der Waals surface area contributed by atoms with Crippen LogP contribution in [0.15, 0.2) is 12.1 Å². The van der Waals surface area contributed by atoms with Gasteiger partial charge < -0.3 is 19.3 Å². The van der Waals surface area contributed by atoms with Gasteiger partial charge in [0.05, 0.1) is 7.11 Å². The summed E-state index contributed by atoms with van der Waals surface area (Å²) in [6, 6.07) is 4.13. The molecule has 0 radical (unpaired) electrons.